The summed E-state index contributed by atoms with van der Waals surface area (Å²) in [6.07, 6.45) is 4.72. The highest BCUT2D eigenvalue weighted by Gasteiger charge is 2.29. The number of hydrogen-bond donors (Lipinski definition) is 2. The summed E-state index contributed by atoms with van der Waals surface area (Å²) in [5.74, 6) is 0.414. The molecule has 0 heterocycles. The van der Waals surface area contributed by atoms with E-state index in [9.17, 15) is 10.2 Å². The maximum atomic E-state index is 10.6. The van der Waals surface area contributed by atoms with E-state index in [1.807, 2.05) is 6.92 Å². The van der Waals surface area contributed by atoms with Gasteiger partial charge in [0, 0.05) is 14.2 Å². The van der Waals surface area contributed by atoms with Gasteiger partial charge in [0.25, 0.3) is 0 Å². The molecule has 126 valence electrons. The van der Waals surface area contributed by atoms with Crippen molar-refractivity contribution in [2.75, 3.05) is 0 Å². The number of hydrogen-bond acceptors (Lipinski definition) is 2. The SMILES string of the molecule is [2H]C([2H])(C)CCCc1cc(O)c(C2C=C(C)CCC2C(=C)C)c(O)c1. The molecule has 0 saturated heterocycles. The second kappa shape index (κ2) is 7.72. The lowest BCUT2D eigenvalue weighted by Gasteiger charge is -2.31. The Hall–Kier alpha value is -1.70. The van der Waals surface area contributed by atoms with Crippen molar-refractivity contribution in [3.05, 3.63) is 47.1 Å². The normalized spacial score (nSPS) is 23.0. The number of phenolic OH excluding ortho intramolecular Hbond substituents is 2. The topological polar surface area (TPSA) is 40.5 Å². The minimum Gasteiger partial charge on any atom is -0.507 e. The molecule has 2 atom stereocenters. The van der Waals surface area contributed by atoms with Crippen LogP contribution in [0.15, 0.2) is 35.9 Å². The molecule has 0 saturated carbocycles. The van der Waals surface area contributed by atoms with E-state index in [0.29, 0.717) is 24.8 Å². The standard InChI is InChI=1S/C21H30O2/c1-5-6-7-8-16-12-19(22)21(20(23)13-16)18-11-15(4)9-10-17(18)14(2)3/h11-13,17-18,22-23H,2,5-10H2,1,3-4H3/i5D2. The van der Waals surface area contributed by atoms with Gasteiger partial charge in [-0.15, -0.1) is 0 Å². The van der Waals surface area contributed by atoms with Gasteiger partial charge in [0.2, 0.25) is 0 Å². The highest BCUT2D eigenvalue weighted by atomic mass is 16.3. The minimum absolute atomic E-state index is 0.0509. The lowest BCUT2D eigenvalue weighted by Crippen LogP contribution is -2.17. The molecule has 0 amide bonds. The summed E-state index contributed by atoms with van der Waals surface area (Å²) in [5, 5.41) is 21.2. The fourth-order valence-corrected chi connectivity index (χ4v) is 3.54. The number of benzene rings is 1. The van der Waals surface area contributed by atoms with Gasteiger partial charge in [-0.1, -0.05) is 43.5 Å². The third-order valence-electron chi connectivity index (χ3n) is 4.80. The van der Waals surface area contributed by atoms with Gasteiger partial charge in [0.1, 0.15) is 11.5 Å². The molecule has 2 nitrogen and oxygen atoms in total. The first-order valence-electron chi connectivity index (χ1n) is 9.46. The van der Waals surface area contributed by atoms with Crippen molar-refractivity contribution in [3.8, 4) is 11.5 Å². The second-order valence-electron chi connectivity index (χ2n) is 6.79. The molecule has 0 spiro atoms. The van der Waals surface area contributed by atoms with Crippen LogP contribution in [0.2, 0.25) is 0 Å². The van der Waals surface area contributed by atoms with Crippen LogP contribution < -0.4 is 0 Å². The number of phenols is 2. The third-order valence-corrected chi connectivity index (χ3v) is 4.80. The van der Waals surface area contributed by atoms with Crippen LogP contribution in [0.1, 0.15) is 72.6 Å². The van der Waals surface area contributed by atoms with E-state index in [1.165, 1.54) is 5.57 Å². The van der Waals surface area contributed by atoms with Crippen molar-refractivity contribution in [2.24, 2.45) is 5.92 Å². The zero-order valence-corrected chi connectivity index (χ0v) is 14.5. The van der Waals surface area contributed by atoms with Crippen LogP contribution in [-0.4, -0.2) is 10.2 Å². The lowest BCUT2D eigenvalue weighted by atomic mass is 9.73. The van der Waals surface area contributed by atoms with E-state index < -0.39 is 6.37 Å². The second-order valence-corrected chi connectivity index (χ2v) is 6.79. The molecule has 2 heteroatoms. The highest BCUT2D eigenvalue weighted by Crippen LogP contribution is 2.46. The molecule has 1 aliphatic rings. The minimum atomic E-state index is -1.19. The van der Waals surface area contributed by atoms with Crippen molar-refractivity contribution in [1.82, 2.24) is 0 Å². The molecule has 0 aromatic heterocycles. The van der Waals surface area contributed by atoms with Crippen molar-refractivity contribution in [1.29, 1.82) is 0 Å². The molecular weight excluding hydrogens is 284 g/mol. The number of allylic oxidation sites excluding steroid dienone is 3. The summed E-state index contributed by atoms with van der Waals surface area (Å²) >= 11 is 0. The van der Waals surface area contributed by atoms with Gasteiger partial charge in [0.15, 0.2) is 0 Å². The van der Waals surface area contributed by atoms with Gasteiger partial charge in [-0.3, -0.25) is 0 Å². The summed E-state index contributed by atoms with van der Waals surface area (Å²) in [6, 6.07) is 3.43. The number of rotatable bonds is 6. The summed E-state index contributed by atoms with van der Waals surface area (Å²) < 4.78 is 15.2. The van der Waals surface area contributed by atoms with Gasteiger partial charge in [-0.25, -0.2) is 0 Å². The van der Waals surface area contributed by atoms with Crippen LogP contribution in [0.4, 0.5) is 0 Å². The van der Waals surface area contributed by atoms with E-state index in [4.69, 9.17) is 2.74 Å². The van der Waals surface area contributed by atoms with Crippen molar-refractivity contribution < 1.29 is 13.0 Å². The van der Waals surface area contributed by atoms with E-state index in [1.54, 1.807) is 19.1 Å². The van der Waals surface area contributed by atoms with Crippen molar-refractivity contribution in [2.45, 2.75) is 65.2 Å². The fraction of sp³-hybridized carbons (Fsp3) is 0.524. The van der Waals surface area contributed by atoms with Crippen LogP contribution >= 0.6 is 0 Å². The Morgan fingerprint density at radius 2 is 1.96 bits per heavy atom. The van der Waals surface area contributed by atoms with E-state index in [-0.39, 0.29) is 23.3 Å². The molecule has 0 aliphatic heterocycles. The molecule has 0 bridgehead atoms. The van der Waals surface area contributed by atoms with E-state index >= 15 is 0 Å². The van der Waals surface area contributed by atoms with Crippen LogP contribution in [-0.2, 0) is 6.42 Å². The van der Waals surface area contributed by atoms with E-state index in [0.717, 1.165) is 24.0 Å². The molecule has 23 heavy (non-hydrogen) atoms. The average Bonchev–Trinajstić information content (AvgIpc) is 2.44. The third kappa shape index (κ3) is 4.19. The Morgan fingerprint density at radius 1 is 1.30 bits per heavy atom. The molecule has 1 aromatic rings. The first kappa shape index (κ1) is 14.9. The molecule has 2 N–H and O–H groups in total. The largest absolute Gasteiger partial charge is 0.507 e. The fourth-order valence-electron chi connectivity index (χ4n) is 3.54. The van der Waals surface area contributed by atoms with Crippen LogP contribution in [0.3, 0.4) is 0 Å². The van der Waals surface area contributed by atoms with Crippen molar-refractivity contribution in [3.63, 3.8) is 0 Å². The van der Waals surface area contributed by atoms with E-state index in [2.05, 4.69) is 19.6 Å². The zero-order valence-electron chi connectivity index (χ0n) is 16.5. The Morgan fingerprint density at radius 3 is 2.52 bits per heavy atom. The summed E-state index contributed by atoms with van der Waals surface area (Å²) in [6.45, 7) is 9.76. The summed E-state index contributed by atoms with van der Waals surface area (Å²) in [7, 11) is 0. The summed E-state index contributed by atoms with van der Waals surface area (Å²) in [4.78, 5) is 0. The van der Waals surface area contributed by atoms with Gasteiger partial charge in [0.05, 0.1) is 0 Å². The number of aryl methyl sites for hydroxylation is 1. The van der Waals surface area contributed by atoms with Gasteiger partial charge < -0.3 is 10.2 Å². The highest BCUT2D eigenvalue weighted by molar-refractivity contribution is 5.51. The van der Waals surface area contributed by atoms with Gasteiger partial charge >= 0.3 is 0 Å². The molecule has 1 aromatic carbocycles. The first-order valence-corrected chi connectivity index (χ1v) is 8.46. The smallest absolute Gasteiger partial charge is 0.123 e. The molecular formula is C21H30O2. The molecule has 2 rings (SSSR count). The Kier molecular flexibility index (Phi) is 4.99. The maximum Gasteiger partial charge on any atom is 0.123 e. The molecule has 0 fully saturated rings. The predicted octanol–water partition coefficient (Wildman–Crippen LogP) is 5.85. The van der Waals surface area contributed by atoms with Crippen LogP contribution in [0, 0.1) is 5.92 Å². The monoisotopic (exact) mass is 316 g/mol. The number of aromatic hydroxyl groups is 2. The van der Waals surface area contributed by atoms with Crippen LogP contribution in [0.5, 0.6) is 11.5 Å². The molecule has 0 radical (unpaired) electrons. The molecule has 1 aliphatic carbocycles. The Labute approximate surface area is 143 Å². The van der Waals surface area contributed by atoms with Crippen molar-refractivity contribution >= 4 is 0 Å². The first-order chi connectivity index (χ1) is 11.6. The van der Waals surface area contributed by atoms with Gasteiger partial charge in [-0.2, -0.15) is 0 Å². The van der Waals surface area contributed by atoms with Crippen LogP contribution in [0.25, 0.3) is 0 Å². The average molecular weight is 316 g/mol. The van der Waals surface area contributed by atoms with Gasteiger partial charge in [-0.05, 0) is 63.1 Å². The predicted molar refractivity (Wildman–Crippen MR) is 97.0 cm³/mol. The zero-order chi connectivity index (χ0) is 18.8. The maximum absolute atomic E-state index is 10.6. The Balaban J connectivity index is 2.27. The Bertz CT molecular complexity index is 648. The summed E-state index contributed by atoms with van der Waals surface area (Å²) in [5.41, 5.74) is 3.77. The quantitative estimate of drug-likeness (QED) is 0.647. The lowest BCUT2D eigenvalue weighted by molar-refractivity contribution is 0.406. The molecule has 2 unspecified atom stereocenters.